The topological polar surface area (TPSA) is 314 Å². The lowest BCUT2D eigenvalue weighted by Crippen LogP contribution is -2.36. The molecule has 21 nitrogen and oxygen atoms in total. The molecule has 42 heavy (non-hydrogen) atoms. The molecular formula is C20H25N10O11P. The highest BCUT2D eigenvalue weighted by molar-refractivity contribution is 7.47. The Morgan fingerprint density at radius 3 is 2.38 bits per heavy atom. The summed E-state index contributed by atoms with van der Waals surface area (Å²) in [5.41, 5.74) is 11.1. The number of nitrogens with zero attached hydrogens (tertiary/aromatic N) is 7. The molecule has 2 aliphatic heterocycles. The lowest BCUT2D eigenvalue weighted by Gasteiger charge is -2.24. The van der Waals surface area contributed by atoms with Crippen molar-refractivity contribution >= 4 is 41.9 Å². The van der Waals surface area contributed by atoms with Crippen LogP contribution >= 0.6 is 7.82 Å². The number of nitrogens with one attached hydrogen (secondary N) is 1. The van der Waals surface area contributed by atoms with Gasteiger partial charge in [0.05, 0.1) is 32.2 Å². The number of aliphatic hydroxyl groups is 4. The Bertz CT molecular complexity index is 1730. The first-order valence-corrected chi connectivity index (χ1v) is 13.8. The molecule has 226 valence electrons. The smallest absolute Gasteiger partial charge is 0.394 e. The van der Waals surface area contributed by atoms with Gasteiger partial charge in [0.2, 0.25) is 5.95 Å². The van der Waals surface area contributed by atoms with Gasteiger partial charge in [-0.2, -0.15) is 9.97 Å². The highest BCUT2D eigenvalue weighted by Gasteiger charge is 2.50. The summed E-state index contributed by atoms with van der Waals surface area (Å²) in [6.45, 7) is -1.43. The fourth-order valence-corrected chi connectivity index (χ4v) is 5.78. The fraction of sp³-hybridized carbons (Fsp3) is 0.500. The summed E-state index contributed by atoms with van der Waals surface area (Å²) < 4.78 is 37.0. The SMILES string of the molecule is Nc1nc(N)c2ncn([C@@H]3O[C@H](COP(=O)(O)O[C@@H]4[C@H](O)[C@@H](CO)O[C@H]4n4cnc5c(=O)[nH]cnc54)[C@@H](O)[C@H]3O)c2n1. The van der Waals surface area contributed by atoms with E-state index in [2.05, 4.69) is 29.9 Å². The maximum atomic E-state index is 13.0. The van der Waals surface area contributed by atoms with E-state index in [0.29, 0.717) is 0 Å². The molecule has 1 unspecified atom stereocenters. The van der Waals surface area contributed by atoms with Crippen LogP contribution in [0.2, 0.25) is 0 Å². The second-order valence-electron chi connectivity index (χ2n) is 9.47. The van der Waals surface area contributed by atoms with Crippen molar-refractivity contribution in [3.63, 3.8) is 0 Å². The molecule has 6 heterocycles. The van der Waals surface area contributed by atoms with Crippen molar-refractivity contribution in [2.24, 2.45) is 0 Å². The highest BCUT2D eigenvalue weighted by Crippen LogP contribution is 2.50. The molecule has 0 bridgehead atoms. The Labute approximate surface area is 232 Å². The summed E-state index contributed by atoms with van der Waals surface area (Å²) in [5, 5.41) is 41.5. The summed E-state index contributed by atoms with van der Waals surface area (Å²) in [7, 11) is -5.05. The summed E-state index contributed by atoms with van der Waals surface area (Å²) in [4.78, 5) is 44.8. The van der Waals surface area contributed by atoms with Gasteiger partial charge < -0.3 is 51.2 Å². The predicted octanol–water partition coefficient (Wildman–Crippen LogP) is -3.50. The summed E-state index contributed by atoms with van der Waals surface area (Å²) >= 11 is 0. The average Bonchev–Trinajstić information content (AvgIpc) is 3.69. The molecule has 9 atom stereocenters. The Balaban J connectivity index is 1.18. The van der Waals surface area contributed by atoms with E-state index < -0.39 is 75.7 Å². The number of nitrogens with two attached hydrogens (primary N) is 2. The number of phosphoric acid groups is 1. The standard InChI is InChI=1S/C20H25N10O11P/c21-14-8-16(28-20(22)27-14)30(4-25-8)18-12(34)10(32)7(40-18)2-38-42(36,37)41-13-11(33)6(1-31)39-19(13)29-5-26-9-15(29)23-3-24-17(9)35/h3-7,10-13,18-19,31-34H,1-2H2,(H,36,37)(H,23,24,35)(H4,21,22,27,28)/t6-,7-,10-,11-,12-,13-,18-,19-/m1/s1. The van der Waals surface area contributed by atoms with Gasteiger partial charge in [-0.05, 0) is 0 Å². The maximum absolute atomic E-state index is 13.0. The number of aromatic nitrogens is 8. The molecule has 22 heteroatoms. The van der Waals surface area contributed by atoms with Gasteiger partial charge >= 0.3 is 7.82 Å². The number of fused-ring (bicyclic) bond motifs is 2. The number of hydrogen-bond acceptors (Lipinski definition) is 17. The largest absolute Gasteiger partial charge is 0.472 e. The molecule has 0 amide bonds. The number of rotatable bonds is 8. The molecule has 0 aliphatic carbocycles. The number of H-pyrrole nitrogens is 1. The zero-order valence-corrected chi connectivity index (χ0v) is 22.1. The number of aliphatic hydroxyl groups excluding tert-OH is 4. The van der Waals surface area contributed by atoms with E-state index in [1.807, 2.05) is 0 Å². The normalized spacial score (nSPS) is 31.3. The van der Waals surface area contributed by atoms with E-state index in [0.717, 1.165) is 12.7 Å². The van der Waals surface area contributed by atoms with E-state index in [9.17, 15) is 34.7 Å². The first kappa shape index (κ1) is 28.5. The summed E-state index contributed by atoms with van der Waals surface area (Å²) in [5.74, 6) is -0.187. The average molecular weight is 612 g/mol. The molecule has 2 fully saturated rings. The Morgan fingerprint density at radius 2 is 1.64 bits per heavy atom. The van der Waals surface area contributed by atoms with Gasteiger partial charge in [-0.3, -0.25) is 23.0 Å². The number of aromatic amines is 1. The van der Waals surface area contributed by atoms with Crippen LogP contribution in [0, 0.1) is 0 Å². The molecule has 0 aromatic carbocycles. The molecule has 0 radical (unpaired) electrons. The van der Waals surface area contributed by atoms with Crippen LogP contribution in [-0.4, -0.2) is 114 Å². The lowest BCUT2D eigenvalue weighted by atomic mass is 10.1. The minimum absolute atomic E-state index is 0.0140. The first-order chi connectivity index (χ1) is 20.0. The van der Waals surface area contributed by atoms with Crippen LogP contribution in [0.15, 0.2) is 23.8 Å². The second-order valence-corrected chi connectivity index (χ2v) is 10.9. The lowest BCUT2D eigenvalue weighted by molar-refractivity contribution is -0.0615. The second kappa shape index (κ2) is 10.6. The molecule has 0 saturated carbocycles. The van der Waals surface area contributed by atoms with Crippen LogP contribution < -0.4 is 17.0 Å². The number of nitrogen functional groups attached to an aromatic ring is 2. The Kier molecular flexibility index (Phi) is 7.17. The van der Waals surface area contributed by atoms with Gasteiger partial charge in [-0.25, -0.2) is 19.5 Å². The maximum Gasteiger partial charge on any atom is 0.472 e. The monoisotopic (exact) mass is 612 g/mol. The minimum atomic E-state index is -5.05. The van der Waals surface area contributed by atoms with Gasteiger partial charge in [0.15, 0.2) is 35.1 Å². The van der Waals surface area contributed by atoms with Crippen molar-refractivity contribution in [2.45, 2.75) is 49.1 Å². The van der Waals surface area contributed by atoms with Crippen molar-refractivity contribution in [1.82, 2.24) is 39.0 Å². The third-order valence-corrected chi connectivity index (χ3v) is 7.85. The van der Waals surface area contributed by atoms with Gasteiger partial charge in [-0.15, -0.1) is 0 Å². The number of phosphoric ester groups is 1. The number of anilines is 2. The molecule has 4 aromatic heterocycles. The van der Waals surface area contributed by atoms with Gasteiger partial charge in [0.1, 0.15) is 42.1 Å². The molecule has 2 saturated heterocycles. The van der Waals surface area contributed by atoms with E-state index in [1.165, 1.54) is 15.5 Å². The molecule has 6 rings (SSSR count). The Morgan fingerprint density at radius 1 is 0.952 bits per heavy atom. The van der Waals surface area contributed by atoms with Crippen molar-refractivity contribution < 1.29 is 48.4 Å². The number of ether oxygens (including phenoxy) is 2. The number of imidazole rings is 2. The van der Waals surface area contributed by atoms with E-state index in [1.54, 1.807) is 0 Å². The predicted molar refractivity (Wildman–Crippen MR) is 136 cm³/mol. The van der Waals surface area contributed by atoms with E-state index >= 15 is 0 Å². The van der Waals surface area contributed by atoms with Crippen LogP contribution in [0.1, 0.15) is 12.5 Å². The van der Waals surface area contributed by atoms with Crippen molar-refractivity contribution in [1.29, 1.82) is 0 Å². The highest BCUT2D eigenvalue weighted by atomic mass is 31.2. The molecular weight excluding hydrogens is 587 g/mol. The van der Waals surface area contributed by atoms with Crippen LogP contribution in [0.4, 0.5) is 11.8 Å². The molecule has 0 spiro atoms. The zero-order valence-electron chi connectivity index (χ0n) is 21.2. The minimum Gasteiger partial charge on any atom is -0.394 e. The van der Waals surface area contributed by atoms with Gasteiger partial charge in [0, 0.05) is 0 Å². The quantitative estimate of drug-likeness (QED) is 0.0894. The van der Waals surface area contributed by atoms with E-state index in [4.69, 9.17) is 30.0 Å². The number of hydrogen-bond donors (Lipinski definition) is 8. The van der Waals surface area contributed by atoms with Crippen LogP contribution in [0.5, 0.6) is 0 Å². The van der Waals surface area contributed by atoms with Gasteiger partial charge in [-0.1, -0.05) is 0 Å². The summed E-state index contributed by atoms with van der Waals surface area (Å²) in [6, 6.07) is 0. The van der Waals surface area contributed by atoms with Crippen LogP contribution in [0.25, 0.3) is 22.3 Å². The molecule has 2 aliphatic rings. The Hall–Kier alpha value is -3.63. The van der Waals surface area contributed by atoms with Crippen molar-refractivity contribution in [3.05, 3.63) is 29.3 Å². The van der Waals surface area contributed by atoms with E-state index in [-0.39, 0.29) is 34.1 Å². The van der Waals surface area contributed by atoms with Crippen molar-refractivity contribution in [2.75, 3.05) is 24.7 Å². The third-order valence-electron chi connectivity index (χ3n) is 6.87. The van der Waals surface area contributed by atoms with Crippen LogP contribution in [0.3, 0.4) is 0 Å². The first-order valence-electron chi connectivity index (χ1n) is 12.3. The third kappa shape index (κ3) is 4.80. The fourth-order valence-electron chi connectivity index (χ4n) is 4.85. The van der Waals surface area contributed by atoms with Crippen molar-refractivity contribution in [3.8, 4) is 0 Å². The van der Waals surface area contributed by atoms with Crippen LogP contribution in [-0.2, 0) is 23.1 Å². The molecule has 4 aromatic rings. The summed E-state index contributed by atoms with van der Waals surface area (Å²) in [6.07, 6.45) is -8.12. The molecule has 10 N–H and O–H groups in total. The zero-order chi connectivity index (χ0) is 29.9. The van der Waals surface area contributed by atoms with Gasteiger partial charge in [0.25, 0.3) is 5.56 Å².